The van der Waals surface area contributed by atoms with Gasteiger partial charge in [0.05, 0.1) is 6.54 Å². The van der Waals surface area contributed by atoms with Crippen LogP contribution in [0.3, 0.4) is 0 Å². The van der Waals surface area contributed by atoms with E-state index >= 15 is 0 Å². The number of nitrogens with zero attached hydrogens (tertiary/aromatic N) is 1. The van der Waals surface area contributed by atoms with Gasteiger partial charge in [0, 0.05) is 11.9 Å². The summed E-state index contributed by atoms with van der Waals surface area (Å²) in [6.45, 7) is 4.32. The predicted octanol–water partition coefficient (Wildman–Crippen LogP) is 3.77. The molecule has 1 heterocycles. The van der Waals surface area contributed by atoms with Gasteiger partial charge in [-0.3, -0.25) is 9.59 Å². The van der Waals surface area contributed by atoms with Crippen LogP contribution in [0.15, 0.2) is 71.7 Å². The van der Waals surface area contributed by atoms with E-state index < -0.39 is 0 Å². The van der Waals surface area contributed by atoms with Gasteiger partial charge in [-0.1, -0.05) is 42.5 Å². The van der Waals surface area contributed by atoms with E-state index in [0.29, 0.717) is 6.54 Å². The zero-order valence-electron chi connectivity index (χ0n) is 14.3. The Bertz CT molecular complexity index is 959. The summed E-state index contributed by atoms with van der Waals surface area (Å²) in [7, 11) is 0. The quantitative estimate of drug-likeness (QED) is 0.791. The van der Waals surface area contributed by atoms with Crippen molar-refractivity contribution in [1.29, 1.82) is 0 Å². The van der Waals surface area contributed by atoms with E-state index in [9.17, 15) is 9.59 Å². The van der Waals surface area contributed by atoms with Crippen LogP contribution < -0.4 is 10.9 Å². The average Bonchev–Trinajstić information content (AvgIpc) is 2.61. The van der Waals surface area contributed by atoms with E-state index in [1.807, 2.05) is 62.4 Å². The molecule has 0 aliphatic carbocycles. The third-order valence-electron chi connectivity index (χ3n) is 4.10. The molecule has 1 N–H and O–H groups in total. The third kappa shape index (κ3) is 3.86. The smallest absolute Gasteiger partial charge is 0.263 e. The molecule has 0 radical (unpaired) electrons. The Balaban J connectivity index is 1.87. The van der Waals surface area contributed by atoms with Crippen molar-refractivity contribution in [3.05, 3.63) is 99.5 Å². The SMILES string of the molecule is Cc1ccc(C)c(NC(=O)c2cccn(Cc3ccccc3)c2=O)c1. The summed E-state index contributed by atoms with van der Waals surface area (Å²) < 4.78 is 1.55. The van der Waals surface area contributed by atoms with Gasteiger partial charge in [0.2, 0.25) is 0 Å². The molecule has 2 aromatic carbocycles. The van der Waals surface area contributed by atoms with Crippen molar-refractivity contribution in [2.45, 2.75) is 20.4 Å². The maximum atomic E-state index is 12.7. The molecule has 4 heteroatoms. The molecule has 0 unspecified atom stereocenters. The van der Waals surface area contributed by atoms with Crippen LogP contribution in [0.4, 0.5) is 5.69 Å². The monoisotopic (exact) mass is 332 g/mol. The van der Waals surface area contributed by atoms with E-state index in [4.69, 9.17) is 0 Å². The Kier molecular flexibility index (Phi) is 4.80. The highest BCUT2D eigenvalue weighted by molar-refractivity contribution is 6.04. The Morgan fingerprint density at radius 2 is 1.76 bits per heavy atom. The molecule has 0 atom stereocenters. The molecule has 3 aromatic rings. The summed E-state index contributed by atoms with van der Waals surface area (Å²) in [4.78, 5) is 25.2. The summed E-state index contributed by atoms with van der Waals surface area (Å²) in [6, 6.07) is 18.8. The van der Waals surface area contributed by atoms with E-state index in [2.05, 4.69) is 5.32 Å². The van der Waals surface area contributed by atoms with Crippen LogP contribution in [-0.2, 0) is 6.54 Å². The molecule has 0 aliphatic heterocycles. The van der Waals surface area contributed by atoms with Gasteiger partial charge in [-0.2, -0.15) is 0 Å². The van der Waals surface area contributed by atoms with Crippen molar-refractivity contribution in [1.82, 2.24) is 4.57 Å². The molecule has 3 rings (SSSR count). The highest BCUT2D eigenvalue weighted by Crippen LogP contribution is 2.17. The predicted molar refractivity (Wildman–Crippen MR) is 100 cm³/mol. The lowest BCUT2D eigenvalue weighted by Gasteiger charge is -2.11. The lowest BCUT2D eigenvalue weighted by atomic mass is 10.1. The second-order valence-electron chi connectivity index (χ2n) is 6.11. The zero-order chi connectivity index (χ0) is 17.8. The molecule has 0 bridgehead atoms. The number of amides is 1. The van der Waals surface area contributed by atoms with Crippen LogP contribution >= 0.6 is 0 Å². The van der Waals surface area contributed by atoms with Crippen LogP contribution in [0, 0.1) is 13.8 Å². The molecular formula is C21H20N2O2. The Hall–Kier alpha value is -3.14. The minimum absolute atomic E-state index is 0.138. The number of nitrogens with one attached hydrogen (secondary N) is 1. The highest BCUT2D eigenvalue weighted by atomic mass is 16.2. The Labute approximate surface area is 146 Å². The van der Waals surface area contributed by atoms with E-state index in [-0.39, 0.29) is 17.0 Å². The van der Waals surface area contributed by atoms with Gasteiger partial charge < -0.3 is 9.88 Å². The van der Waals surface area contributed by atoms with E-state index in [1.165, 1.54) is 0 Å². The van der Waals surface area contributed by atoms with Crippen LogP contribution in [0.2, 0.25) is 0 Å². The Morgan fingerprint density at radius 1 is 1.00 bits per heavy atom. The number of hydrogen-bond donors (Lipinski definition) is 1. The molecular weight excluding hydrogens is 312 g/mol. The van der Waals surface area contributed by atoms with Crippen LogP contribution in [0.25, 0.3) is 0 Å². The zero-order valence-corrected chi connectivity index (χ0v) is 14.3. The number of aromatic nitrogens is 1. The lowest BCUT2D eigenvalue weighted by Crippen LogP contribution is -2.29. The van der Waals surface area contributed by atoms with Crippen LogP contribution in [0.1, 0.15) is 27.0 Å². The second kappa shape index (κ2) is 7.18. The molecule has 25 heavy (non-hydrogen) atoms. The normalized spacial score (nSPS) is 10.5. The molecule has 0 saturated carbocycles. The van der Waals surface area contributed by atoms with Crippen molar-refractivity contribution in [2.75, 3.05) is 5.32 Å². The average molecular weight is 332 g/mol. The molecule has 126 valence electrons. The van der Waals surface area contributed by atoms with Gasteiger partial charge >= 0.3 is 0 Å². The minimum Gasteiger partial charge on any atom is -0.322 e. The number of benzene rings is 2. The van der Waals surface area contributed by atoms with Crippen molar-refractivity contribution < 1.29 is 4.79 Å². The van der Waals surface area contributed by atoms with Gasteiger partial charge in [-0.05, 0) is 48.7 Å². The fourth-order valence-corrected chi connectivity index (χ4v) is 2.67. The lowest BCUT2D eigenvalue weighted by molar-refractivity contribution is 0.102. The number of carbonyl (C=O) groups is 1. The fourth-order valence-electron chi connectivity index (χ4n) is 2.67. The number of rotatable bonds is 4. The summed E-state index contributed by atoms with van der Waals surface area (Å²) in [5.41, 5.74) is 3.59. The molecule has 0 aliphatic rings. The molecule has 0 saturated heterocycles. The third-order valence-corrected chi connectivity index (χ3v) is 4.10. The first-order valence-electron chi connectivity index (χ1n) is 8.16. The topological polar surface area (TPSA) is 51.1 Å². The molecule has 4 nitrogen and oxygen atoms in total. The van der Waals surface area contributed by atoms with Crippen molar-refractivity contribution >= 4 is 11.6 Å². The number of anilines is 1. The number of pyridine rings is 1. The van der Waals surface area contributed by atoms with Crippen molar-refractivity contribution in [3.63, 3.8) is 0 Å². The molecule has 1 amide bonds. The van der Waals surface area contributed by atoms with Crippen molar-refractivity contribution in [3.8, 4) is 0 Å². The van der Waals surface area contributed by atoms with Gasteiger partial charge in [-0.15, -0.1) is 0 Å². The molecule has 1 aromatic heterocycles. The summed E-state index contributed by atoms with van der Waals surface area (Å²) in [5.74, 6) is -0.388. The number of hydrogen-bond acceptors (Lipinski definition) is 2. The van der Waals surface area contributed by atoms with Crippen LogP contribution in [-0.4, -0.2) is 10.5 Å². The summed E-state index contributed by atoms with van der Waals surface area (Å²) in [6.07, 6.45) is 1.70. The first-order chi connectivity index (χ1) is 12.0. The largest absolute Gasteiger partial charge is 0.322 e. The molecule has 0 fully saturated rings. The maximum Gasteiger partial charge on any atom is 0.263 e. The van der Waals surface area contributed by atoms with Gasteiger partial charge in [-0.25, -0.2) is 0 Å². The fraction of sp³-hybridized carbons (Fsp3) is 0.143. The number of aryl methyl sites for hydroxylation is 2. The summed E-state index contributed by atoms with van der Waals surface area (Å²) in [5, 5.41) is 2.85. The van der Waals surface area contributed by atoms with E-state index in [0.717, 1.165) is 22.4 Å². The standard InChI is InChI=1S/C21H20N2O2/c1-15-10-11-16(2)19(13-15)22-20(24)18-9-6-12-23(21(18)25)14-17-7-4-3-5-8-17/h3-13H,14H2,1-2H3,(H,22,24). The number of carbonyl (C=O) groups excluding carboxylic acids is 1. The highest BCUT2D eigenvalue weighted by Gasteiger charge is 2.13. The Morgan fingerprint density at radius 3 is 2.52 bits per heavy atom. The summed E-state index contributed by atoms with van der Waals surface area (Å²) >= 11 is 0. The first kappa shape index (κ1) is 16.7. The van der Waals surface area contributed by atoms with Crippen LogP contribution in [0.5, 0.6) is 0 Å². The second-order valence-corrected chi connectivity index (χ2v) is 6.11. The van der Waals surface area contributed by atoms with Gasteiger partial charge in [0.25, 0.3) is 11.5 Å². The van der Waals surface area contributed by atoms with Gasteiger partial charge in [0.1, 0.15) is 5.56 Å². The molecule has 0 spiro atoms. The van der Waals surface area contributed by atoms with Crippen molar-refractivity contribution in [2.24, 2.45) is 0 Å². The maximum absolute atomic E-state index is 12.7. The van der Waals surface area contributed by atoms with E-state index in [1.54, 1.807) is 22.9 Å². The first-order valence-corrected chi connectivity index (χ1v) is 8.16. The minimum atomic E-state index is -0.388. The van der Waals surface area contributed by atoms with Gasteiger partial charge in [0.15, 0.2) is 0 Å².